The minimum Gasteiger partial charge on any atom is -0.493 e. The molecule has 0 radical (unpaired) electrons. The highest BCUT2D eigenvalue weighted by Crippen LogP contribution is 2.38. The van der Waals surface area contributed by atoms with Crippen molar-refractivity contribution in [3.63, 3.8) is 0 Å². The van der Waals surface area contributed by atoms with Crippen molar-refractivity contribution < 1.29 is 19.0 Å². The van der Waals surface area contributed by atoms with Crippen LogP contribution in [0.4, 0.5) is 0 Å². The molecule has 2 aromatic carbocycles. The van der Waals surface area contributed by atoms with Crippen molar-refractivity contribution in [2.24, 2.45) is 0 Å². The molecule has 0 unspecified atom stereocenters. The molecule has 0 aliphatic rings. The van der Waals surface area contributed by atoms with Gasteiger partial charge in [0.15, 0.2) is 11.5 Å². The van der Waals surface area contributed by atoms with E-state index in [0.717, 1.165) is 12.0 Å². The summed E-state index contributed by atoms with van der Waals surface area (Å²) >= 11 is 0. The lowest BCUT2D eigenvalue weighted by atomic mass is 10.1. The molecular formula is C19H23NO4. The number of hydrogen-bond donors (Lipinski definition) is 1. The van der Waals surface area contributed by atoms with Crippen LogP contribution in [0, 0.1) is 0 Å². The number of methoxy groups -OCH3 is 3. The first-order valence-corrected chi connectivity index (χ1v) is 7.79. The van der Waals surface area contributed by atoms with Gasteiger partial charge in [-0.2, -0.15) is 0 Å². The van der Waals surface area contributed by atoms with Gasteiger partial charge in [0.05, 0.1) is 21.3 Å². The summed E-state index contributed by atoms with van der Waals surface area (Å²) in [5, 5.41) is 2.90. The number of nitrogens with one attached hydrogen (secondary N) is 1. The minimum absolute atomic E-state index is 0.200. The smallest absolute Gasteiger partial charge is 0.251 e. The molecule has 0 aliphatic carbocycles. The Bertz CT molecular complexity index is 670. The lowest BCUT2D eigenvalue weighted by Gasteiger charge is -2.14. The van der Waals surface area contributed by atoms with Gasteiger partial charge in [0.1, 0.15) is 0 Å². The van der Waals surface area contributed by atoms with Crippen molar-refractivity contribution in [1.29, 1.82) is 0 Å². The predicted octanol–water partition coefficient (Wildman–Crippen LogP) is 3.20. The number of rotatable bonds is 7. The zero-order valence-corrected chi connectivity index (χ0v) is 14.5. The lowest BCUT2D eigenvalue weighted by Crippen LogP contribution is -2.23. The van der Waals surface area contributed by atoms with Crippen LogP contribution < -0.4 is 19.5 Å². The fourth-order valence-corrected chi connectivity index (χ4v) is 2.39. The monoisotopic (exact) mass is 329 g/mol. The number of benzene rings is 2. The average Bonchev–Trinajstić information content (AvgIpc) is 2.65. The molecule has 0 saturated carbocycles. The van der Waals surface area contributed by atoms with E-state index in [2.05, 4.69) is 24.4 Å². The highest BCUT2D eigenvalue weighted by atomic mass is 16.5. The van der Waals surface area contributed by atoms with Crippen molar-refractivity contribution in [3.05, 3.63) is 53.1 Å². The summed E-state index contributed by atoms with van der Waals surface area (Å²) in [6, 6.07) is 11.5. The van der Waals surface area contributed by atoms with E-state index in [9.17, 15) is 4.79 Å². The van der Waals surface area contributed by atoms with Gasteiger partial charge < -0.3 is 19.5 Å². The molecule has 5 nitrogen and oxygen atoms in total. The van der Waals surface area contributed by atoms with Crippen molar-refractivity contribution >= 4 is 5.91 Å². The van der Waals surface area contributed by atoms with Gasteiger partial charge in [-0.15, -0.1) is 0 Å². The van der Waals surface area contributed by atoms with Crippen LogP contribution in [0.5, 0.6) is 17.2 Å². The molecule has 0 bridgehead atoms. The zero-order valence-electron chi connectivity index (χ0n) is 14.5. The van der Waals surface area contributed by atoms with E-state index in [1.165, 1.54) is 26.9 Å². The molecule has 24 heavy (non-hydrogen) atoms. The first-order chi connectivity index (χ1) is 11.6. The second kappa shape index (κ2) is 8.24. The van der Waals surface area contributed by atoms with Crippen LogP contribution in [0.2, 0.25) is 0 Å². The second-order valence-corrected chi connectivity index (χ2v) is 5.27. The minimum atomic E-state index is -0.200. The average molecular weight is 329 g/mol. The highest BCUT2D eigenvalue weighted by molar-refractivity contribution is 5.95. The quantitative estimate of drug-likeness (QED) is 0.847. The van der Waals surface area contributed by atoms with Gasteiger partial charge in [0.2, 0.25) is 5.75 Å². The van der Waals surface area contributed by atoms with Crippen LogP contribution >= 0.6 is 0 Å². The molecule has 0 heterocycles. The number of aryl methyl sites for hydroxylation is 1. The first kappa shape index (κ1) is 17.7. The summed E-state index contributed by atoms with van der Waals surface area (Å²) in [5.74, 6) is 1.17. The molecule has 0 atom stereocenters. The maximum absolute atomic E-state index is 12.4. The van der Waals surface area contributed by atoms with Crippen LogP contribution in [-0.2, 0) is 13.0 Å². The molecule has 128 valence electrons. The topological polar surface area (TPSA) is 56.8 Å². The van der Waals surface area contributed by atoms with Crippen LogP contribution in [0.3, 0.4) is 0 Å². The SMILES string of the molecule is CCc1ccc(CNC(=O)c2cc(OC)c(OC)c(OC)c2)cc1. The van der Waals surface area contributed by atoms with Gasteiger partial charge in [-0.05, 0) is 29.7 Å². The number of amides is 1. The van der Waals surface area contributed by atoms with Crippen LogP contribution in [0.25, 0.3) is 0 Å². The number of hydrogen-bond acceptors (Lipinski definition) is 4. The molecule has 0 saturated heterocycles. The van der Waals surface area contributed by atoms with Gasteiger partial charge in [0, 0.05) is 12.1 Å². The third-order valence-corrected chi connectivity index (χ3v) is 3.81. The van der Waals surface area contributed by atoms with E-state index in [4.69, 9.17) is 14.2 Å². The van der Waals surface area contributed by atoms with Gasteiger partial charge in [-0.1, -0.05) is 31.2 Å². The summed E-state index contributed by atoms with van der Waals surface area (Å²) < 4.78 is 15.8. The molecule has 1 N–H and O–H groups in total. The van der Waals surface area contributed by atoms with Crippen molar-refractivity contribution in [1.82, 2.24) is 5.32 Å². The Hall–Kier alpha value is -2.69. The Morgan fingerprint density at radius 3 is 1.92 bits per heavy atom. The van der Waals surface area contributed by atoms with Crippen LogP contribution in [0.1, 0.15) is 28.4 Å². The molecule has 5 heteroatoms. The summed E-state index contributed by atoms with van der Waals surface area (Å²) in [6.45, 7) is 2.57. The van der Waals surface area contributed by atoms with Crippen molar-refractivity contribution in [3.8, 4) is 17.2 Å². The van der Waals surface area contributed by atoms with Gasteiger partial charge >= 0.3 is 0 Å². The van der Waals surface area contributed by atoms with Gasteiger partial charge in [-0.3, -0.25) is 4.79 Å². The Labute approximate surface area is 142 Å². The summed E-state index contributed by atoms with van der Waals surface area (Å²) in [7, 11) is 4.57. The van der Waals surface area contributed by atoms with E-state index in [1.54, 1.807) is 12.1 Å². The summed E-state index contributed by atoms with van der Waals surface area (Å²) in [5.41, 5.74) is 2.78. The normalized spacial score (nSPS) is 10.2. The summed E-state index contributed by atoms with van der Waals surface area (Å²) in [6.07, 6.45) is 0.998. The van der Waals surface area contributed by atoms with Crippen LogP contribution in [-0.4, -0.2) is 27.2 Å². The molecule has 0 aromatic heterocycles. The molecule has 2 aromatic rings. The first-order valence-electron chi connectivity index (χ1n) is 7.79. The Morgan fingerprint density at radius 2 is 1.46 bits per heavy atom. The number of ether oxygens (including phenoxy) is 3. The van der Waals surface area contributed by atoms with Gasteiger partial charge in [0.25, 0.3) is 5.91 Å². The molecule has 0 fully saturated rings. The number of carbonyl (C=O) groups excluding carboxylic acids is 1. The zero-order chi connectivity index (χ0) is 17.5. The predicted molar refractivity (Wildman–Crippen MR) is 93.1 cm³/mol. The van der Waals surface area contributed by atoms with Crippen molar-refractivity contribution in [2.45, 2.75) is 19.9 Å². The van der Waals surface area contributed by atoms with E-state index < -0.39 is 0 Å². The van der Waals surface area contributed by atoms with E-state index >= 15 is 0 Å². The molecule has 1 amide bonds. The fourth-order valence-electron chi connectivity index (χ4n) is 2.39. The van der Waals surface area contributed by atoms with E-state index in [-0.39, 0.29) is 5.91 Å². The lowest BCUT2D eigenvalue weighted by molar-refractivity contribution is 0.0950. The summed E-state index contributed by atoms with van der Waals surface area (Å²) in [4.78, 5) is 12.4. The Balaban J connectivity index is 2.13. The highest BCUT2D eigenvalue weighted by Gasteiger charge is 2.16. The second-order valence-electron chi connectivity index (χ2n) is 5.27. The molecule has 0 spiro atoms. The van der Waals surface area contributed by atoms with Crippen molar-refractivity contribution in [2.75, 3.05) is 21.3 Å². The molecular weight excluding hydrogens is 306 g/mol. The third-order valence-electron chi connectivity index (χ3n) is 3.81. The standard InChI is InChI=1S/C19H23NO4/c1-5-13-6-8-14(9-7-13)12-20-19(21)15-10-16(22-2)18(24-4)17(11-15)23-3/h6-11H,5,12H2,1-4H3,(H,20,21). The fraction of sp³-hybridized carbons (Fsp3) is 0.316. The van der Waals surface area contributed by atoms with E-state index in [0.29, 0.717) is 29.4 Å². The van der Waals surface area contributed by atoms with Crippen LogP contribution in [0.15, 0.2) is 36.4 Å². The largest absolute Gasteiger partial charge is 0.493 e. The Kier molecular flexibility index (Phi) is 6.07. The number of carbonyl (C=O) groups is 1. The Morgan fingerprint density at radius 1 is 0.917 bits per heavy atom. The maximum atomic E-state index is 12.4. The molecule has 0 aliphatic heterocycles. The molecule has 2 rings (SSSR count). The third kappa shape index (κ3) is 3.98. The van der Waals surface area contributed by atoms with E-state index in [1.807, 2.05) is 12.1 Å². The van der Waals surface area contributed by atoms with Gasteiger partial charge in [-0.25, -0.2) is 0 Å². The maximum Gasteiger partial charge on any atom is 0.251 e.